The minimum absolute atomic E-state index is 0.0523. The van der Waals surface area contributed by atoms with E-state index in [9.17, 15) is 14.0 Å². The first-order valence-electron chi connectivity index (χ1n) is 10.9. The third-order valence-corrected chi connectivity index (χ3v) is 4.80. The van der Waals surface area contributed by atoms with Crippen LogP contribution in [0, 0.1) is 12.7 Å². The molecule has 33 heavy (non-hydrogen) atoms. The summed E-state index contributed by atoms with van der Waals surface area (Å²) in [7, 11) is 0. The van der Waals surface area contributed by atoms with Crippen LogP contribution in [-0.4, -0.2) is 34.0 Å². The molecule has 0 radical (unpaired) electrons. The first-order chi connectivity index (χ1) is 16.7. The maximum Gasteiger partial charge on any atom is 0.270 e. The highest BCUT2D eigenvalue weighted by Gasteiger charge is 2.14. The minimum Gasteiger partial charge on any atom is -0.347 e. The summed E-state index contributed by atoms with van der Waals surface area (Å²) in [5.41, 5.74) is 2.58. The lowest BCUT2D eigenvalue weighted by atomic mass is 10.1. The van der Waals surface area contributed by atoms with Crippen LogP contribution in [0.2, 0.25) is 0 Å². The molecular weight excluding hydrogens is 425 g/mol. The number of aryl methyl sites for hydroxylation is 1. The molecule has 0 bridgehead atoms. The Bertz CT molecular complexity index is 1340. The Kier molecular flexibility index (Phi) is 5.78. The standard InChI is InChI=1S/C23H20FN7O2/c1-14-8-16(4-7-18(14)24)11-26-23(33)20-9-19(27-13-28-20)22(32)25-10-15-2-5-17(6-3-15)21-12-29-31-30-21/h2-9,13H,10-12H2,1H3,(H,25,32)(H,26,33)/i11D2. The maximum atomic E-state index is 13.5. The Morgan fingerprint density at radius 3 is 2.36 bits per heavy atom. The highest BCUT2D eigenvalue weighted by atomic mass is 19.1. The Balaban J connectivity index is 1.39. The van der Waals surface area contributed by atoms with Crippen molar-refractivity contribution in [1.82, 2.24) is 20.6 Å². The van der Waals surface area contributed by atoms with Gasteiger partial charge < -0.3 is 10.6 Å². The number of carbonyl (C=O) groups excluding carboxylic acids is 2. The molecule has 2 amide bonds. The molecule has 0 fully saturated rings. The lowest BCUT2D eigenvalue weighted by molar-refractivity contribution is 0.0944. The molecule has 2 aromatic carbocycles. The molecular formula is C23H20FN7O2. The number of nitrogens with zero attached hydrogens (tertiary/aromatic N) is 5. The van der Waals surface area contributed by atoms with E-state index in [0.717, 1.165) is 29.2 Å². The average Bonchev–Trinajstić information content (AvgIpc) is 3.39. The van der Waals surface area contributed by atoms with E-state index in [1.165, 1.54) is 25.1 Å². The number of benzene rings is 2. The number of halogens is 1. The van der Waals surface area contributed by atoms with Gasteiger partial charge in [-0.15, -0.1) is 5.10 Å². The third-order valence-electron chi connectivity index (χ3n) is 4.80. The predicted octanol–water partition coefficient (Wildman–Crippen LogP) is 2.95. The monoisotopic (exact) mass is 447 g/mol. The van der Waals surface area contributed by atoms with Gasteiger partial charge in [-0.05, 0) is 40.5 Å². The fraction of sp³-hybridized carbons (Fsp3) is 0.174. The Labute approximate surface area is 191 Å². The van der Waals surface area contributed by atoms with Gasteiger partial charge in [0.2, 0.25) is 0 Å². The van der Waals surface area contributed by atoms with E-state index < -0.39 is 24.1 Å². The first kappa shape index (κ1) is 19.4. The summed E-state index contributed by atoms with van der Waals surface area (Å²) in [5, 5.41) is 16.3. The topological polar surface area (TPSA) is 121 Å². The SMILES string of the molecule is [2H]C([2H])(NC(=O)c1cc(C(=O)NCc2ccc(C3=NN=NC3)cc2)ncn1)c1ccc(F)c(C)c1. The second-order valence-corrected chi connectivity index (χ2v) is 7.15. The van der Waals surface area contributed by atoms with Gasteiger partial charge in [0, 0.05) is 19.1 Å². The molecule has 2 N–H and O–H groups in total. The van der Waals surface area contributed by atoms with Gasteiger partial charge in [0.05, 0.1) is 8.45 Å². The molecule has 1 aromatic heterocycles. The molecule has 4 rings (SSSR count). The molecule has 0 aliphatic carbocycles. The summed E-state index contributed by atoms with van der Waals surface area (Å²) in [6.45, 7) is -0.137. The molecule has 1 aliphatic heterocycles. The Morgan fingerprint density at radius 2 is 1.70 bits per heavy atom. The van der Waals surface area contributed by atoms with Crippen LogP contribution in [0.1, 0.15) is 46.0 Å². The van der Waals surface area contributed by atoms with Gasteiger partial charge in [0.1, 0.15) is 30.1 Å². The van der Waals surface area contributed by atoms with Crippen LogP contribution < -0.4 is 10.6 Å². The van der Waals surface area contributed by atoms with Crippen LogP contribution in [0.3, 0.4) is 0 Å². The smallest absolute Gasteiger partial charge is 0.270 e. The van der Waals surface area contributed by atoms with Crippen molar-refractivity contribution >= 4 is 17.5 Å². The van der Waals surface area contributed by atoms with E-state index in [1.54, 1.807) is 0 Å². The van der Waals surface area contributed by atoms with Crippen LogP contribution in [-0.2, 0) is 13.0 Å². The highest BCUT2D eigenvalue weighted by Crippen LogP contribution is 2.11. The number of amides is 2. The van der Waals surface area contributed by atoms with Crippen LogP contribution in [0.5, 0.6) is 0 Å². The van der Waals surface area contributed by atoms with Crippen molar-refractivity contribution < 1.29 is 16.7 Å². The lowest BCUT2D eigenvalue weighted by Gasteiger charge is -2.08. The lowest BCUT2D eigenvalue weighted by Crippen LogP contribution is -2.27. The van der Waals surface area contributed by atoms with Crippen LogP contribution >= 0.6 is 0 Å². The summed E-state index contributed by atoms with van der Waals surface area (Å²) in [5.74, 6) is -1.86. The second-order valence-electron chi connectivity index (χ2n) is 7.15. The molecule has 2 heterocycles. The van der Waals surface area contributed by atoms with Crippen molar-refractivity contribution in [2.75, 3.05) is 6.54 Å². The molecule has 0 atom stereocenters. The van der Waals surface area contributed by atoms with Crippen molar-refractivity contribution in [3.8, 4) is 0 Å². The quantitative estimate of drug-likeness (QED) is 0.578. The summed E-state index contributed by atoms with van der Waals surface area (Å²) in [6, 6.07) is 12.3. The van der Waals surface area contributed by atoms with E-state index in [2.05, 4.69) is 36.0 Å². The fourth-order valence-electron chi connectivity index (χ4n) is 2.97. The van der Waals surface area contributed by atoms with Gasteiger partial charge in [-0.3, -0.25) is 9.59 Å². The molecule has 0 saturated heterocycles. The number of carbonyl (C=O) groups is 2. The van der Waals surface area contributed by atoms with E-state index in [0.29, 0.717) is 6.54 Å². The number of rotatable bonds is 7. The molecule has 10 heteroatoms. The first-order valence-corrected chi connectivity index (χ1v) is 9.95. The number of hydrogen-bond acceptors (Lipinski definition) is 7. The maximum absolute atomic E-state index is 13.5. The Hall–Kier alpha value is -4.34. The van der Waals surface area contributed by atoms with Gasteiger partial charge >= 0.3 is 0 Å². The van der Waals surface area contributed by atoms with E-state index in [4.69, 9.17) is 2.74 Å². The van der Waals surface area contributed by atoms with Crippen molar-refractivity contribution in [2.24, 2.45) is 15.4 Å². The number of aromatic nitrogens is 2. The summed E-state index contributed by atoms with van der Waals surface area (Å²) in [6.07, 6.45) is 1.05. The predicted molar refractivity (Wildman–Crippen MR) is 118 cm³/mol. The summed E-state index contributed by atoms with van der Waals surface area (Å²) < 4.78 is 29.8. The summed E-state index contributed by atoms with van der Waals surface area (Å²) >= 11 is 0. The third kappa shape index (κ3) is 5.48. The zero-order valence-corrected chi connectivity index (χ0v) is 17.5. The summed E-state index contributed by atoms with van der Waals surface area (Å²) in [4.78, 5) is 32.9. The highest BCUT2D eigenvalue weighted by molar-refractivity contribution is 6.02. The van der Waals surface area contributed by atoms with Crippen LogP contribution in [0.4, 0.5) is 4.39 Å². The van der Waals surface area contributed by atoms with E-state index in [1.807, 2.05) is 24.3 Å². The average molecular weight is 447 g/mol. The van der Waals surface area contributed by atoms with Crippen LogP contribution in [0.15, 0.2) is 70.3 Å². The molecule has 166 valence electrons. The minimum atomic E-state index is -2.29. The fourth-order valence-corrected chi connectivity index (χ4v) is 2.97. The largest absolute Gasteiger partial charge is 0.347 e. The zero-order chi connectivity index (χ0) is 25.0. The van der Waals surface area contributed by atoms with E-state index >= 15 is 0 Å². The van der Waals surface area contributed by atoms with Gasteiger partial charge in [0.15, 0.2) is 0 Å². The van der Waals surface area contributed by atoms with Crippen LogP contribution in [0.25, 0.3) is 0 Å². The second kappa shape index (κ2) is 9.86. The number of hydrogen-bond donors (Lipinski definition) is 2. The van der Waals surface area contributed by atoms with E-state index in [-0.39, 0.29) is 29.1 Å². The van der Waals surface area contributed by atoms with Gasteiger partial charge in [-0.2, -0.15) is 5.11 Å². The van der Waals surface area contributed by atoms with Crippen molar-refractivity contribution in [3.63, 3.8) is 0 Å². The molecule has 0 spiro atoms. The Morgan fingerprint density at radius 1 is 1.00 bits per heavy atom. The zero-order valence-electron chi connectivity index (χ0n) is 19.5. The van der Waals surface area contributed by atoms with Gasteiger partial charge in [-0.1, -0.05) is 36.4 Å². The van der Waals surface area contributed by atoms with Gasteiger partial charge in [0.25, 0.3) is 11.8 Å². The molecule has 3 aromatic rings. The van der Waals surface area contributed by atoms with Gasteiger partial charge in [-0.25, -0.2) is 14.4 Å². The molecule has 9 nitrogen and oxygen atoms in total. The van der Waals surface area contributed by atoms with Crippen molar-refractivity contribution in [3.05, 3.63) is 94.3 Å². The number of nitrogens with one attached hydrogen (secondary N) is 2. The van der Waals surface area contributed by atoms with Crippen molar-refractivity contribution in [2.45, 2.75) is 20.0 Å². The van der Waals surface area contributed by atoms with Crippen molar-refractivity contribution in [1.29, 1.82) is 0 Å². The molecule has 0 saturated carbocycles. The molecule has 1 aliphatic rings. The normalized spacial score (nSPS) is 13.7. The molecule has 0 unspecified atom stereocenters.